The molecule has 3 heterocycles. The van der Waals surface area contributed by atoms with Crippen molar-refractivity contribution in [2.45, 2.75) is 19.5 Å². The Morgan fingerprint density at radius 3 is 2.67 bits per heavy atom. The van der Waals surface area contributed by atoms with Crippen LogP contribution in [0, 0.1) is 0 Å². The predicted octanol–water partition coefficient (Wildman–Crippen LogP) is -0.273. The summed E-state index contributed by atoms with van der Waals surface area (Å²) in [6.07, 6.45) is 2.02. The molecule has 0 fully saturated rings. The van der Waals surface area contributed by atoms with Crippen molar-refractivity contribution in [1.82, 2.24) is 18.6 Å². The largest absolute Gasteiger partial charge is 0.384 e. The predicted molar refractivity (Wildman–Crippen MR) is 90.1 cm³/mol. The number of Topliss-reactive ketones (excluding diaryl/α,β-unsaturated/α-hetero) is 1. The topological polar surface area (TPSA) is 95.3 Å². The lowest BCUT2D eigenvalue weighted by atomic mass is 10.1. The Balaban J connectivity index is 1.92. The first-order valence-electron chi connectivity index (χ1n) is 7.80. The average Bonchev–Trinajstić information content (AvgIpc) is 3.03. The molecular weight excluding hydrogens is 310 g/mol. The Labute approximate surface area is 138 Å². The summed E-state index contributed by atoms with van der Waals surface area (Å²) in [4.78, 5) is 38.9. The van der Waals surface area contributed by atoms with Crippen molar-refractivity contribution in [3.8, 4) is 0 Å². The number of anilines is 1. The maximum atomic E-state index is 12.7. The number of fused-ring (bicyclic) bond motifs is 1. The molecule has 3 rings (SSSR count). The zero-order chi connectivity index (χ0) is 17.6. The summed E-state index contributed by atoms with van der Waals surface area (Å²) >= 11 is 0. The van der Waals surface area contributed by atoms with Crippen molar-refractivity contribution < 1.29 is 4.79 Å². The highest BCUT2D eigenvalue weighted by atomic mass is 16.2. The molecule has 2 N–H and O–H groups in total. The molecule has 0 aliphatic carbocycles. The average molecular weight is 331 g/mol. The van der Waals surface area contributed by atoms with E-state index in [1.165, 1.54) is 14.1 Å². The second-order valence-corrected chi connectivity index (χ2v) is 6.16. The second kappa shape index (κ2) is 5.79. The molecule has 2 aromatic heterocycles. The summed E-state index contributed by atoms with van der Waals surface area (Å²) in [6, 6.07) is 4.08. The summed E-state index contributed by atoms with van der Waals surface area (Å²) in [5.74, 6) is -0.448. The van der Waals surface area contributed by atoms with Gasteiger partial charge in [0.25, 0.3) is 5.56 Å². The van der Waals surface area contributed by atoms with Gasteiger partial charge in [-0.2, -0.15) is 0 Å². The molecule has 0 bridgehead atoms. The van der Waals surface area contributed by atoms with Gasteiger partial charge in [-0.15, -0.1) is 0 Å². The third-order valence-electron chi connectivity index (χ3n) is 4.80. The van der Waals surface area contributed by atoms with Crippen LogP contribution in [0.5, 0.6) is 0 Å². The van der Waals surface area contributed by atoms with Crippen molar-refractivity contribution in [2.24, 2.45) is 14.1 Å². The third kappa shape index (κ3) is 2.39. The van der Waals surface area contributed by atoms with Gasteiger partial charge in [0.15, 0.2) is 5.78 Å². The monoisotopic (exact) mass is 331 g/mol. The van der Waals surface area contributed by atoms with Crippen LogP contribution in [0.4, 0.5) is 5.82 Å². The molecular formula is C16H21N5O3. The first kappa shape index (κ1) is 16.3. The Morgan fingerprint density at radius 1 is 1.25 bits per heavy atom. The van der Waals surface area contributed by atoms with Crippen molar-refractivity contribution in [3.63, 3.8) is 0 Å². The molecule has 0 saturated heterocycles. The Morgan fingerprint density at radius 2 is 1.96 bits per heavy atom. The molecule has 1 atom stereocenters. The maximum Gasteiger partial charge on any atom is 0.332 e. The van der Waals surface area contributed by atoms with E-state index in [2.05, 4.69) is 4.57 Å². The fraction of sp³-hybridized carbons (Fsp3) is 0.438. The minimum absolute atomic E-state index is 0.0651. The normalized spacial score (nSPS) is 17.7. The third-order valence-corrected chi connectivity index (χ3v) is 4.80. The summed E-state index contributed by atoms with van der Waals surface area (Å²) in [5.41, 5.74) is 5.69. The van der Waals surface area contributed by atoms with Crippen LogP contribution in [0.25, 0.3) is 0 Å². The van der Waals surface area contributed by atoms with Crippen LogP contribution >= 0.6 is 0 Å². The van der Waals surface area contributed by atoms with Gasteiger partial charge < -0.3 is 10.3 Å². The zero-order valence-electron chi connectivity index (χ0n) is 14.0. The number of nitrogen functional groups attached to an aromatic ring is 1. The van der Waals surface area contributed by atoms with Crippen molar-refractivity contribution in [3.05, 3.63) is 50.4 Å². The van der Waals surface area contributed by atoms with E-state index < -0.39 is 11.2 Å². The second-order valence-electron chi connectivity index (χ2n) is 6.16. The fourth-order valence-electron chi connectivity index (χ4n) is 3.23. The van der Waals surface area contributed by atoms with Crippen LogP contribution in [0.1, 0.15) is 29.0 Å². The van der Waals surface area contributed by atoms with Crippen LogP contribution in [-0.4, -0.2) is 37.5 Å². The van der Waals surface area contributed by atoms with E-state index in [0.717, 1.165) is 21.4 Å². The van der Waals surface area contributed by atoms with E-state index in [-0.39, 0.29) is 29.8 Å². The Hall–Kier alpha value is -2.61. The molecule has 0 saturated carbocycles. The van der Waals surface area contributed by atoms with Gasteiger partial charge in [0.2, 0.25) is 0 Å². The van der Waals surface area contributed by atoms with Crippen LogP contribution in [0.15, 0.2) is 27.9 Å². The molecule has 2 aromatic rings. The lowest BCUT2D eigenvalue weighted by Crippen LogP contribution is -2.45. The van der Waals surface area contributed by atoms with E-state index in [0.29, 0.717) is 6.54 Å². The summed E-state index contributed by atoms with van der Waals surface area (Å²) < 4.78 is 4.19. The number of carbonyl (C=O) groups excluding carboxylic acids is 1. The first-order chi connectivity index (χ1) is 11.3. The maximum absolute atomic E-state index is 12.7. The van der Waals surface area contributed by atoms with E-state index in [4.69, 9.17) is 5.73 Å². The van der Waals surface area contributed by atoms with Gasteiger partial charge in [0.05, 0.1) is 6.54 Å². The van der Waals surface area contributed by atoms with Crippen molar-refractivity contribution in [2.75, 3.05) is 18.8 Å². The fourth-order valence-corrected chi connectivity index (χ4v) is 3.23. The van der Waals surface area contributed by atoms with E-state index in [1.807, 2.05) is 30.2 Å². The molecule has 128 valence electrons. The highest BCUT2D eigenvalue weighted by Gasteiger charge is 2.28. The van der Waals surface area contributed by atoms with Crippen LogP contribution < -0.4 is 17.0 Å². The molecule has 8 nitrogen and oxygen atoms in total. The molecule has 0 spiro atoms. The van der Waals surface area contributed by atoms with Crippen LogP contribution in [0.2, 0.25) is 0 Å². The van der Waals surface area contributed by atoms with Crippen molar-refractivity contribution in [1.29, 1.82) is 0 Å². The lowest BCUT2D eigenvalue weighted by molar-refractivity contribution is 0.0866. The zero-order valence-corrected chi connectivity index (χ0v) is 14.0. The van der Waals surface area contributed by atoms with Gasteiger partial charge in [-0.05, 0) is 19.1 Å². The molecule has 0 aromatic carbocycles. The number of ketones is 1. The Kier molecular flexibility index (Phi) is 3.92. The van der Waals surface area contributed by atoms with Crippen molar-refractivity contribution >= 4 is 11.6 Å². The van der Waals surface area contributed by atoms with Gasteiger partial charge in [0, 0.05) is 45.1 Å². The molecule has 24 heavy (non-hydrogen) atoms. The number of hydrogen-bond donors (Lipinski definition) is 1. The standard InChI is InChI=1S/C16H21N5O3/c1-10-11-5-4-6-20(11)7-8-21(10)9-12(22)13-14(17)18(2)16(24)19(3)15(13)23/h4-6,10H,7-9,17H2,1-3H3/t10-/m1/s1. The molecule has 1 aliphatic rings. The molecule has 0 radical (unpaired) electrons. The number of nitrogens with two attached hydrogens (primary N) is 1. The highest BCUT2D eigenvalue weighted by molar-refractivity contribution is 6.01. The summed E-state index contributed by atoms with van der Waals surface area (Å²) in [6.45, 7) is 3.62. The number of rotatable bonds is 3. The minimum atomic E-state index is -0.645. The van der Waals surface area contributed by atoms with Gasteiger partial charge in [-0.1, -0.05) is 0 Å². The molecule has 0 unspecified atom stereocenters. The van der Waals surface area contributed by atoms with Crippen LogP contribution in [-0.2, 0) is 20.6 Å². The highest BCUT2D eigenvalue weighted by Crippen LogP contribution is 2.25. The smallest absolute Gasteiger partial charge is 0.332 e. The number of aromatic nitrogens is 3. The molecule has 0 amide bonds. The van der Waals surface area contributed by atoms with E-state index in [9.17, 15) is 14.4 Å². The minimum Gasteiger partial charge on any atom is -0.384 e. The molecule has 1 aliphatic heterocycles. The van der Waals surface area contributed by atoms with Gasteiger partial charge in [-0.3, -0.25) is 23.6 Å². The van der Waals surface area contributed by atoms with Gasteiger partial charge in [0.1, 0.15) is 11.4 Å². The van der Waals surface area contributed by atoms with Gasteiger partial charge in [-0.25, -0.2) is 4.79 Å². The Bertz CT molecular complexity index is 921. The summed E-state index contributed by atoms with van der Waals surface area (Å²) in [7, 11) is 2.79. The SMILES string of the molecule is C[C@@H]1c2cccn2CCN1CC(=O)c1c(N)n(C)c(=O)n(C)c1=O. The number of nitrogens with zero attached hydrogens (tertiary/aromatic N) is 4. The first-order valence-corrected chi connectivity index (χ1v) is 7.80. The van der Waals surface area contributed by atoms with Crippen LogP contribution in [0.3, 0.4) is 0 Å². The molecule has 8 heteroatoms. The van der Waals surface area contributed by atoms with E-state index in [1.54, 1.807) is 0 Å². The van der Waals surface area contributed by atoms with E-state index >= 15 is 0 Å². The summed E-state index contributed by atoms with van der Waals surface area (Å²) in [5, 5.41) is 0. The number of carbonyl (C=O) groups is 1. The lowest BCUT2D eigenvalue weighted by Gasteiger charge is -2.34. The van der Waals surface area contributed by atoms with Gasteiger partial charge >= 0.3 is 5.69 Å². The number of hydrogen-bond acceptors (Lipinski definition) is 5. The quantitative estimate of drug-likeness (QED) is 0.781.